The molecule has 1 heterocycles. The minimum atomic E-state index is -0.470. The third-order valence-electron chi connectivity index (χ3n) is 2.20. The van der Waals surface area contributed by atoms with E-state index >= 15 is 0 Å². The van der Waals surface area contributed by atoms with Crippen LogP contribution in [-0.2, 0) is 4.79 Å². The molecule has 0 saturated heterocycles. The van der Waals surface area contributed by atoms with Gasteiger partial charge in [-0.15, -0.1) is 0 Å². The van der Waals surface area contributed by atoms with Crippen LogP contribution in [0.5, 0.6) is 0 Å². The minimum Gasteiger partial charge on any atom is -0.320 e. The smallest absolute Gasteiger partial charge is 0.242 e. The Morgan fingerprint density at radius 3 is 2.75 bits per heavy atom. The van der Waals surface area contributed by atoms with Crippen LogP contribution in [0.3, 0.4) is 0 Å². The number of nitrogens with one attached hydrogen (secondary N) is 1. The van der Waals surface area contributed by atoms with E-state index in [1.54, 1.807) is 6.07 Å². The standard InChI is InChI=1S/C12H19N3O/c1-8(2)7-10(13)12(16)15-11-6-4-5-9(3)14-11/h4-6,8,10H,7,13H2,1-3H3,(H,14,15,16)/t10-/m1/s1. The summed E-state index contributed by atoms with van der Waals surface area (Å²) in [6.07, 6.45) is 0.678. The van der Waals surface area contributed by atoms with Crippen LogP contribution in [0, 0.1) is 12.8 Å². The van der Waals surface area contributed by atoms with Crippen LogP contribution in [0.15, 0.2) is 18.2 Å². The van der Waals surface area contributed by atoms with E-state index in [2.05, 4.69) is 10.3 Å². The lowest BCUT2D eigenvalue weighted by Gasteiger charge is -2.13. The zero-order valence-electron chi connectivity index (χ0n) is 10.0. The number of pyridine rings is 1. The first kappa shape index (κ1) is 12.6. The molecule has 1 rings (SSSR count). The summed E-state index contributed by atoms with van der Waals surface area (Å²) in [5.74, 6) is 0.794. The molecule has 0 fully saturated rings. The van der Waals surface area contributed by atoms with Gasteiger partial charge in [-0.1, -0.05) is 19.9 Å². The summed E-state index contributed by atoms with van der Waals surface area (Å²) in [4.78, 5) is 15.9. The molecule has 1 amide bonds. The fourth-order valence-corrected chi connectivity index (χ4v) is 1.45. The highest BCUT2D eigenvalue weighted by atomic mass is 16.2. The number of aromatic nitrogens is 1. The highest BCUT2D eigenvalue weighted by Crippen LogP contribution is 2.07. The van der Waals surface area contributed by atoms with Gasteiger partial charge < -0.3 is 11.1 Å². The third kappa shape index (κ3) is 3.98. The maximum atomic E-state index is 11.7. The van der Waals surface area contributed by atoms with Gasteiger partial charge in [-0.05, 0) is 31.4 Å². The summed E-state index contributed by atoms with van der Waals surface area (Å²) in [5.41, 5.74) is 6.63. The molecule has 0 unspecified atom stereocenters. The Hall–Kier alpha value is -1.42. The SMILES string of the molecule is Cc1cccc(NC(=O)[C@H](N)CC(C)C)n1. The van der Waals surface area contributed by atoms with Crippen LogP contribution in [-0.4, -0.2) is 16.9 Å². The van der Waals surface area contributed by atoms with Gasteiger partial charge in [-0.25, -0.2) is 4.98 Å². The van der Waals surface area contributed by atoms with Crippen LogP contribution >= 0.6 is 0 Å². The summed E-state index contributed by atoms with van der Waals surface area (Å²) < 4.78 is 0. The number of amides is 1. The Morgan fingerprint density at radius 2 is 2.19 bits per heavy atom. The van der Waals surface area contributed by atoms with Crippen molar-refractivity contribution in [3.63, 3.8) is 0 Å². The van der Waals surface area contributed by atoms with Gasteiger partial charge in [0.15, 0.2) is 0 Å². The van der Waals surface area contributed by atoms with Crippen molar-refractivity contribution in [1.82, 2.24) is 4.98 Å². The van der Waals surface area contributed by atoms with Crippen molar-refractivity contribution >= 4 is 11.7 Å². The second kappa shape index (κ2) is 5.61. The lowest BCUT2D eigenvalue weighted by Crippen LogP contribution is -2.36. The molecule has 0 bridgehead atoms. The van der Waals surface area contributed by atoms with Crippen molar-refractivity contribution in [2.45, 2.75) is 33.2 Å². The number of carbonyl (C=O) groups is 1. The molecule has 0 aliphatic heterocycles. The summed E-state index contributed by atoms with van der Waals surface area (Å²) >= 11 is 0. The molecule has 1 aromatic rings. The zero-order valence-corrected chi connectivity index (χ0v) is 10.0. The Bertz CT molecular complexity index is 363. The van der Waals surface area contributed by atoms with E-state index in [1.165, 1.54) is 0 Å². The minimum absolute atomic E-state index is 0.174. The Kier molecular flexibility index (Phi) is 4.43. The third-order valence-corrected chi connectivity index (χ3v) is 2.20. The molecule has 88 valence electrons. The van der Waals surface area contributed by atoms with Crippen molar-refractivity contribution in [2.24, 2.45) is 11.7 Å². The number of nitrogens with zero attached hydrogens (tertiary/aromatic N) is 1. The number of carbonyl (C=O) groups excluding carboxylic acids is 1. The molecule has 0 radical (unpaired) electrons. The predicted octanol–water partition coefficient (Wildman–Crippen LogP) is 1.70. The first-order chi connectivity index (χ1) is 7.49. The molecule has 3 N–H and O–H groups in total. The van der Waals surface area contributed by atoms with Gasteiger partial charge in [0.25, 0.3) is 0 Å². The Labute approximate surface area is 96.3 Å². The molecule has 4 nitrogen and oxygen atoms in total. The number of rotatable bonds is 4. The lowest BCUT2D eigenvalue weighted by atomic mass is 10.0. The molecule has 0 spiro atoms. The van der Waals surface area contributed by atoms with E-state index in [0.717, 1.165) is 5.69 Å². The van der Waals surface area contributed by atoms with Crippen molar-refractivity contribution in [3.8, 4) is 0 Å². The molecule has 0 aliphatic rings. The first-order valence-electron chi connectivity index (χ1n) is 5.49. The van der Waals surface area contributed by atoms with E-state index in [4.69, 9.17) is 5.73 Å². The highest BCUT2D eigenvalue weighted by molar-refractivity contribution is 5.93. The van der Waals surface area contributed by atoms with Crippen LogP contribution < -0.4 is 11.1 Å². The molecular formula is C12H19N3O. The van der Waals surface area contributed by atoms with Gasteiger partial charge in [-0.2, -0.15) is 0 Å². The highest BCUT2D eigenvalue weighted by Gasteiger charge is 2.15. The van der Waals surface area contributed by atoms with E-state index in [0.29, 0.717) is 18.2 Å². The van der Waals surface area contributed by atoms with Crippen LogP contribution in [0.1, 0.15) is 26.0 Å². The van der Waals surface area contributed by atoms with Gasteiger partial charge in [0, 0.05) is 5.69 Å². The van der Waals surface area contributed by atoms with Crippen LogP contribution in [0.25, 0.3) is 0 Å². The quantitative estimate of drug-likeness (QED) is 0.813. The largest absolute Gasteiger partial charge is 0.320 e. The average molecular weight is 221 g/mol. The Balaban J connectivity index is 2.57. The molecular weight excluding hydrogens is 202 g/mol. The topological polar surface area (TPSA) is 68.0 Å². The van der Waals surface area contributed by atoms with Crippen LogP contribution in [0.2, 0.25) is 0 Å². The molecule has 0 saturated carbocycles. The summed E-state index contributed by atoms with van der Waals surface area (Å²) in [7, 11) is 0. The molecule has 0 aromatic carbocycles. The van der Waals surface area contributed by atoms with E-state index in [-0.39, 0.29) is 5.91 Å². The number of nitrogens with two attached hydrogens (primary N) is 1. The zero-order chi connectivity index (χ0) is 12.1. The second-order valence-corrected chi connectivity index (χ2v) is 4.39. The fraction of sp³-hybridized carbons (Fsp3) is 0.500. The van der Waals surface area contributed by atoms with Gasteiger partial charge in [-0.3, -0.25) is 4.79 Å². The second-order valence-electron chi connectivity index (χ2n) is 4.39. The van der Waals surface area contributed by atoms with Gasteiger partial charge in [0.1, 0.15) is 5.82 Å². The van der Waals surface area contributed by atoms with E-state index in [9.17, 15) is 4.79 Å². The van der Waals surface area contributed by atoms with Gasteiger partial charge >= 0.3 is 0 Å². The first-order valence-corrected chi connectivity index (χ1v) is 5.49. The normalized spacial score (nSPS) is 12.6. The Morgan fingerprint density at radius 1 is 1.50 bits per heavy atom. The predicted molar refractivity (Wildman–Crippen MR) is 65.0 cm³/mol. The molecule has 4 heteroatoms. The van der Waals surface area contributed by atoms with E-state index < -0.39 is 6.04 Å². The summed E-state index contributed by atoms with van der Waals surface area (Å²) in [6, 6.07) is 5.02. The van der Waals surface area contributed by atoms with Gasteiger partial charge in [0.05, 0.1) is 6.04 Å². The molecule has 1 atom stereocenters. The number of anilines is 1. The number of hydrogen-bond acceptors (Lipinski definition) is 3. The maximum absolute atomic E-state index is 11.7. The molecule has 16 heavy (non-hydrogen) atoms. The molecule has 0 aliphatic carbocycles. The summed E-state index contributed by atoms with van der Waals surface area (Å²) in [6.45, 7) is 5.96. The lowest BCUT2D eigenvalue weighted by molar-refractivity contribution is -0.117. The average Bonchev–Trinajstić information content (AvgIpc) is 2.16. The van der Waals surface area contributed by atoms with Crippen molar-refractivity contribution in [3.05, 3.63) is 23.9 Å². The number of aryl methyl sites for hydroxylation is 1. The monoisotopic (exact) mass is 221 g/mol. The van der Waals surface area contributed by atoms with Crippen LogP contribution in [0.4, 0.5) is 5.82 Å². The molecule has 1 aromatic heterocycles. The fourth-order valence-electron chi connectivity index (χ4n) is 1.45. The van der Waals surface area contributed by atoms with Gasteiger partial charge in [0.2, 0.25) is 5.91 Å². The van der Waals surface area contributed by atoms with E-state index in [1.807, 2.05) is 32.9 Å². The van der Waals surface area contributed by atoms with Crippen molar-refractivity contribution in [2.75, 3.05) is 5.32 Å². The number of hydrogen-bond donors (Lipinski definition) is 2. The van der Waals surface area contributed by atoms with Crippen molar-refractivity contribution < 1.29 is 4.79 Å². The maximum Gasteiger partial charge on any atom is 0.242 e. The summed E-state index contributed by atoms with van der Waals surface area (Å²) in [5, 5.41) is 2.71. The van der Waals surface area contributed by atoms with Crippen molar-refractivity contribution in [1.29, 1.82) is 0 Å².